The van der Waals surface area contributed by atoms with Gasteiger partial charge in [-0.2, -0.15) is 13.2 Å². The Morgan fingerprint density at radius 2 is 1.65 bits per heavy atom. The summed E-state index contributed by atoms with van der Waals surface area (Å²) >= 11 is 12.0. The molecule has 8 heteroatoms. The van der Waals surface area contributed by atoms with Crippen LogP contribution in [0.4, 0.5) is 13.2 Å². The van der Waals surface area contributed by atoms with Crippen LogP contribution in [-0.2, 0) is 6.18 Å². The molecule has 0 spiro atoms. The smallest absolute Gasteiger partial charge is 0.213 e. The van der Waals surface area contributed by atoms with Crippen LogP contribution in [0, 0.1) is 0 Å². The van der Waals surface area contributed by atoms with Gasteiger partial charge in [-0.3, -0.25) is 0 Å². The van der Waals surface area contributed by atoms with Crippen molar-refractivity contribution >= 4 is 23.2 Å². The van der Waals surface area contributed by atoms with Gasteiger partial charge < -0.3 is 0 Å². The molecule has 1 aromatic heterocycles. The molecule has 0 aliphatic rings. The number of hydrogen-bond acceptors (Lipinski definition) is 2. The zero-order chi connectivity index (χ0) is 16.6. The summed E-state index contributed by atoms with van der Waals surface area (Å²) in [6, 6.07) is 9.56. The Morgan fingerprint density at radius 1 is 0.957 bits per heavy atom. The van der Waals surface area contributed by atoms with E-state index in [1.165, 1.54) is 23.0 Å². The maximum absolute atomic E-state index is 12.6. The van der Waals surface area contributed by atoms with E-state index in [2.05, 4.69) is 10.3 Å². The highest BCUT2D eigenvalue weighted by molar-refractivity contribution is 6.36. The second-order valence-electron chi connectivity index (χ2n) is 4.70. The first-order chi connectivity index (χ1) is 10.9. The van der Waals surface area contributed by atoms with E-state index in [9.17, 15) is 13.2 Å². The highest BCUT2D eigenvalue weighted by Gasteiger charge is 2.30. The Labute approximate surface area is 139 Å². The van der Waals surface area contributed by atoms with Crippen LogP contribution < -0.4 is 0 Å². The zero-order valence-electron chi connectivity index (χ0n) is 11.4. The molecule has 0 aliphatic heterocycles. The zero-order valence-corrected chi connectivity index (χ0v) is 12.9. The van der Waals surface area contributed by atoms with Crippen LogP contribution in [0.15, 0.2) is 48.7 Å². The Kier molecular flexibility index (Phi) is 4.04. The number of rotatable bonds is 2. The Balaban J connectivity index is 2.04. The number of nitrogens with zero attached hydrogens (tertiary/aromatic N) is 3. The quantitative estimate of drug-likeness (QED) is 0.626. The Hall–Kier alpha value is -2.05. The molecule has 0 unspecified atom stereocenters. The maximum Gasteiger partial charge on any atom is 0.416 e. The van der Waals surface area contributed by atoms with Gasteiger partial charge in [0.15, 0.2) is 0 Å². The van der Waals surface area contributed by atoms with Gasteiger partial charge in [-0.15, -0.1) is 5.10 Å². The van der Waals surface area contributed by atoms with Gasteiger partial charge in [-0.1, -0.05) is 28.4 Å². The van der Waals surface area contributed by atoms with Crippen LogP contribution in [0.2, 0.25) is 10.0 Å². The molecule has 0 N–H and O–H groups in total. The fourth-order valence-electron chi connectivity index (χ4n) is 2.10. The lowest BCUT2D eigenvalue weighted by Gasteiger charge is -2.10. The highest BCUT2D eigenvalue weighted by Crippen LogP contribution is 2.32. The molecule has 1 heterocycles. The van der Waals surface area contributed by atoms with E-state index in [0.29, 0.717) is 27.0 Å². The third kappa shape index (κ3) is 3.18. The molecule has 0 aliphatic carbocycles. The van der Waals surface area contributed by atoms with E-state index in [4.69, 9.17) is 23.2 Å². The van der Waals surface area contributed by atoms with Gasteiger partial charge in [0.25, 0.3) is 0 Å². The van der Waals surface area contributed by atoms with Crippen molar-refractivity contribution in [2.45, 2.75) is 6.18 Å². The van der Waals surface area contributed by atoms with Crippen molar-refractivity contribution in [2.24, 2.45) is 0 Å². The first-order valence-electron chi connectivity index (χ1n) is 6.40. The van der Waals surface area contributed by atoms with E-state index in [0.717, 1.165) is 12.1 Å². The normalized spacial score (nSPS) is 11.7. The third-order valence-corrected chi connectivity index (χ3v) is 3.74. The van der Waals surface area contributed by atoms with Gasteiger partial charge in [0.2, 0.25) is 0 Å². The summed E-state index contributed by atoms with van der Waals surface area (Å²) in [5, 5.41) is 8.60. The van der Waals surface area contributed by atoms with Gasteiger partial charge in [0.1, 0.15) is 0 Å². The van der Waals surface area contributed by atoms with Crippen LogP contribution >= 0.6 is 23.2 Å². The molecule has 3 nitrogen and oxygen atoms in total. The average molecular weight is 358 g/mol. The molecule has 0 bridgehead atoms. The minimum absolute atomic E-state index is 0.396. The highest BCUT2D eigenvalue weighted by atomic mass is 35.5. The number of halogens is 5. The fourth-order valence-corrected chi connectivity index (χ4v) is 2.60. The molecule has 0 radical (unpaired) electrons. The second-order valence-corrected chi connectivity index (χ2v) is 5.54. The summed E-state index contributed by atoms with van der Waals surface area (Å²) in [7, 11) is 0. The van der Waals surface area contributed by atoms with Crippen molar-refractivity contribution in [3.63, 3.8) is 0 Å². The van der Waals surface area contributed by atoms with E-state index < -0.39 is 11.7 Å². The summed E-state index contributed by atoms with van der Waals surface area (Å²) in [5.41, 5.74) is 0.886. The predicted octanol–water partition coefficient (Wildman–Crippen LogP) is 5.26. The molecule has 0 amide bonds. The van der Waals surface area contributed by atoms with Crippen LogP contribution in [-0.4, -0.2) is 15.0 Å². The molecule has 3 rings (SSSR count). The fraction of sp³-hybridized carbons (Fsp3) is 0.0667. The van der Waals surface area contributed by atoms with Gasteiger partial charge >= 0.3 is 6.18 Å². The number of aromatic nitrogens is 3. The summed E-state index contributed by atoms with van der Waals surface area (Å²) in [4.78, 5) is 0. The summed E-state index contributed by atoms with van der Waals surface area (Å²) < 4.78 is 39.3. The molecular formula is C15H8Cl2F3N3. The van der Waals surface area contributed by atoms with Crippen molar-refractivity contribution in [1.29, 1.82) is 0 Å². The van der Waals surface area contributed by atoms with E-state index in [1.807, 2.05) is 0 Å². The molecule has 2 aromatic carbocycles. The lowest BCUT2D eigenvalue weighted by molar-refractivity contribution is -0.137. The maximum atomic E-state index is 12.6. The lowest BCUT2D eigenvalue weighted by Crippen LogP contribution is -2.06. The van der Waals surface area contributed by atoms with Crippen molar-refractivity contribution in [2.75, 3.05) is 0 Å². The molecular weight excluding hydrogens is 350 g/mol. The predicted molar refractivity (Wildman–Crippen MR) is 81.8 cm³/mol. The third-order valence-electron chi connectivity index (χ3n) is 3.20. The first-order valence-corrected chi connectivity index (χ1v) is 7.15. The molecule has 0 saturated carbocycles. The number of benzene rings is 2. The monoisotopic (exact) mass is 357 g/mol. The largest absolute Gasteiger partial charge is 0.416 e. The molecule has 0 fully saturated rings. The Bertz CT molecular complexity index is 842. The minimum Gasteiger partial charge on any atom is -0.213 e. The topological polar surface area (TPSA) is 30.7 Å². The molecule has 118 valence electrons. The Morgan fingerprint density at radius 3 is 2.26 bits per heavy atom. The SMILES string of the molecule is FC(F)(F)c1ccc(-n2nncc2-c2ccc(Cl)cc2Cl)cc1. The van der Waals surface area contributed by atoms with Crippen LogP contribution in [0.5, 0.6) is 0 Å². The summed E-state index contributed by atoms with van der Waals surface area (Å²) in [6.45, 7) is 0. The van der Waals surface area contributed by atoms with Gasteiger partial charge in [0.05, 0.1) is 28.2 Å². The van der Waals surface area contributed by atoms with Crippen molar-refractivity contribution in [1.82, 2.24) is 15.0 Å². The number of hydrogen-bond donors (Lipinski definition) is 0. The number of alkyl halides is 3. The standard InChI is InChI=1S/C15H8Cl2F3N3/c16-10-3-6-12(13(17)7-10)14-8-21-22-23(14)11-4-1-9(2-5-11)15(18,19)20/h1-8H. The lowest BCUT2D eigenvalue weighted by atomic mass is 10.1. The molecule has 0 saturated heterocycles. The summed E-state index contributed by atoms with van der Waals surface area (Å²) in [5.74, 6) is 0. The van der Waals surface area contributed by atoms with E-state index >= 15 is 0 Å². The second kappa shape index (κ2) is 5.86. The average Bonchev–Trinajstić information content (AvgIpc) is 2.95. The minimum atomic E-state index is -4.39. The van der Waals surface area contributed by atoms with Gasteiger partial charge in [-0.25, -0.2) is 4.68 Å². The van der Waals surface area contributed by atoms with Crippen LogP contribution in [0.3, 0.4) is 0 Å². The van der Waals surface area contributed by atoms with Gasteiger partial charge in [0, 0.05) is 10.6 Å². The van der Waals surface area contributed by atoms with Crippen molar-refractivity contribution in [3.8, 4) is 16.9 Å². The van der Waals surface area contributed by atoms with E-state index in [1.54, 1.807) is 18.2 Å². The summed E-state index contributed by atoms with van der Waals surface area (Å²) in [6.07, 6.45) is -2.91. The van der Waals surface area contributed by atoms with E-state index in [-0.39, 0.29) is 0 Å². The van der Waals surface area contributed by atoms with Crippen LogP contribution in [0.25, 0.3) is 16.9 Å². The first kappa shape index (κ1) is 15.8. The van der Waals surface area contributed by atoms with Crippen molar-refractivity contribution < 1.29 is 13.2 Å². The molecule has 3 aromatic rings. The van der Waals surface area contributed by atoms with Crippen molar-refractivity contribution in [3.05, 3.63) is 64.3 Å². The molecule has 23 heavy (non-hydrogen) atoms. The van der Waals surface area contributed by atoms with Crippen LogP contribution in [0.1, 0.15) is 5.56 Å². The molecule has 0 atom stereocenters. The van der Waals surface area contributed by atoms with Gasteiger partial charge in [-0.05, 0) is 42.5 Å².